The van der Waals surface area contributed by atoms with Crippen molar-refractivity contribution in [2.75, 3.05) is 13.1 Å². The zero-order chi connectivity index (χ0) is 8.97. The van der Waals surface area contributed by atoms with Crippen molar-refractivity contribution in [2.45, 2.75) is 39.2 Å². The largest absolute Gasteiger partial charge is 0.329 e. The molecule has 0 spiro atoms. The van der Waals surface area contributed by atoms with Crippen LogP contribution in [0.2, 0.25) is 0 Å². The van der Waals surface area contributed by atoms with Crippen LogP contribution in [0.5, 0.6) is 0 Å². The van der Waals surface area contributed by atoms with E-state index in [0.29, 0.717) is 0 Å². The molecule has 1 aliphatic rings. The highest BCUT2D eigenvalue weighted by atomic mass is 14.9. The lowest BCUT2D eigenvalue weighted by Gasteiger charge is -2.34. The average Bonchev–Trinajstić information content (AvgIpc) is 2.08. The Morgan fingerprint density at radius 2 is 2.08 bits per heavy atom. The van der Waals surface area contributed by atoms with Crippen molar-refractivity contribution >= 4 is 0 Å². The number of rotatable bonds is 3. The Morgan fingerprint density at radius 1 is 1.33 bits per heavy atom. The normalized spacial score (nSPS) is 36.8. The molecule has 1 fully saturated rings. The van der Waals surface area contributed by atoms with Gasteiger partial charge < -0.3 is 11.1 Å². The van der Waals surface area contributed by atoms with E-state index in [1.807, 2.05) is 0 Å². The summed E-state index contributed by atoms with van der Waals surface area (Å²) in [5, 5.41) is 3.53. The molecule has 72 valence electrons. The van der Waals surface area contributed by atoms with Crippen LogP contribution in [0.1, 0.15) is 33.1 Å². The summed E-state index contributed by atoms with van der Waals surface area (Å²) < 4.78 is 0. The van der Waals surface area contributed by atoms with Crippen LogP contribution in [0.25, 0.3) is 0 Å². The van der Waals surface area contributed by atoms with Gasteiger partial charge in [-0.2, -0.15) is 0 Å². The Hall–Kier alpha value is -0.0800. The summed E-state index contributed by atoms with van der Waals surface area (Å²) in [6, 6.07) is 0.720. The van der Waals surface area contributed by atoms with E-state index in [0.717, 1.165) is 31.0 Å². The van der Waals surface area contributed by atoms with Gasteiger partial charge in [-0.15, -0.1) is 0 Å². The first-order chi connectivity index (χ1) is 5.75. The van der Waals surface area contributed by atoms with Crippen LogP contribution >= 0.6 is 0 Å². The predicted molar refractivity (Wildman–Crippen MR) is 53.0 cm³/mol. The van der Waals surface area contributed by atoms with E-state index in [-0.39, 0.29) is 0 Å². The summed E-state index contributed by atoms with van der Waals surface area (Å²) in [6.45, 7) is 6.46. The van der Waals surface area contributed by atoms with Crippen LogP contribution in [0.3, 0.4) is 0 Å². The summed E-state index contributed by atoms with van der Waals surface area (Å²) in [5.74, 6) is 1.71. The fourth-order valence-corrected chi connectivity index (χ4v) is 2.14. The topological polar surface area (TPSA) is 38.0 Å². The van der Waals surface area contributed by atoms with Crippen molar-refractivity contribution in [3.63, 3.8) is 0 Å². The zero-order valence-corrected chi connectivity index (χ0v) is 8.34. The van der Waals surface area contributed by atoms with E-state index in [1.165, 1.54) is 19.3 Å². The molecule has 3 N–H and O–H groups in total. The molecule has 0 aliphatic heterocycles. The predicted octanol–water partition coefficient (Wildman–Crippen LogP) is 1.36. The maximum absolute atomic E-state index is 5.46. The van der Waals surface area contributed by atoms with Crippen LogP contribution in [0.4, 0.5) is 0 Å². The van der Waals surface area contributed by atoms with Crippen molar-refractivity contribution in [3.8, 4) is 0 Å². The van der Waals surface area contributed by atoms with Crippen LogP contribution in [-0.2, 0) is 0 Å². The maximum Gasteiger partial charge on any atom is 0.00957 e. The molecule has 2 heteroatoms. The van der Waals surface area contributed by atoms with Crippen LogP contribution in [0.15, 0.2) is 0 Å². The molecule has 1 rings (SSSR count). The number of nitrogens with one attached hydrogen (secondary N) is 1. The molecular formula is C10H22N2. The molecule has 0 heterocycles. The van der Waals surface area contributed by atoms with Gasteiger partial charge >= 0.3 is 0 Å². The average molecular weight is 170 g/mol. The maximum atomic E-state index is 5.46. The van der Waals surface area contributed by atoms with Crippen molar-refractivity contribution < 1.29 is 0 Å². The lowest BCUT2D eigenvalue weighted by Crippen LogP contribution is -2.42. The monoisotopic (exact) mass is 170 g/mol. The molecule has 0 aromatic rings. The molecule has 1 aliphatic carbocycles. The molecule has 0 amide bonds. The van der Waals surface area contributed by atoms with Gasteiger partial charge in [-0.1, -0.05) is 26.7 Å². The van der Waals surface area contributed by atoms with E-state index in [4.69, 9.17) is 5.73 Å². The molecule has 0 aromatic carbocycles. The lowest BCUT2D eigenvalue weighted by atomic mass is 9.78. The van der Waals surface area contributed by atoms with Crippen molar-refractivity contribution in [2.24, 2.45) is 17.6 Å². The quantitative estimate of drug-likeness (QED) is 0.671. The molecule has 2 nitrogen and oxygen atoms in total. The second kappa shape index (κ2) is 4.83. The third kappa shape index (κ3) is 2.46. The fraction of sp³-hybridized carbons (Fsp3) is 1.00. The Labute approximate surface area is 75.9 Å². The smallest absolute Gasteiger partial charge is 0.00957 e. The Kier molecular flexibility index (Phi) is 4.02. The fourth-order valence-electron chi connectivity index (χ4n) is 2.14. The van der Waals surface area contributed by atoms with E-state index >= 15 is 0 Å². The third-order valence-corrected chi connectivity index (χ3v) is 3.26. The minimum Gasteiger partial charge on any atom is -0.329 e. The van der Waals surface area contributed by atoms with Gasteiger partial charge in [0.15, 0.2) is 0 Å². The van der Waals surface area contributed by atoms with Crippen LogP contribution < -0.4 is 11.1 Å². The Morgan fingerprint density at radius 3 is 2.75 bits per heavy atom. The third-order valence-electron chi connectivity index (χ3n) is 3.26. The van der Waals surface area contributed by atoms with Gasteiger partial charge in [-0.05, 0) is 18.3 Å². The van der Waals surface area contributed by atoms with Gasteiger partial charge in [0.25, 0.3) is 0 Å². The molecule has 0 aromatic heterocycles. The second-order valence-corrected chi connectivity index (χ2v) is 4.12. The Bertz CT molecular complexity index is 125. The van der Waals surface area contributed by atoms with E-state index < -0.39 is 0 Å². The van der Waals surface area contributed by atoms with Gasteiger partial charge in [-0.25, -0.2) is 0 Å². The second-order valence-electron chi connectivity index (χ2n) is 4.12. The highest BCUT2D eigenvalue weighted by Gasteiger charge is 2.25. The summed E-state index contributed by atoms with van der Waals surface area (Å²) in [6.07, 6.45) is 4.13. The SMILES string of the molecule is CC1CCCC(NCCN)C1C. The van der Waals surface area contributed by atoms with E-state index in [9.17, 15) is 0 Å². The van der Waals surface area contributed by atoms with Gasteiger partial charge in [0.2, 0.25) is 0 Å². The molecular weight excluding hydrogens is 148 g/mol. The summed E-state index contributed by atoms with van der Waals surface area (Å²) in [5.41, 5.74) is 5.46. The lowest BCUT2D eigenvalue weighted by molar-refractivity contribution is 0.208. The highest BCUT2D eigenvalue weighted by molar-refractivity contribution is 4.81. The Balaban J connectivity index is 2.30. The first kappa shape index (κ1) is 10.0. The first-order valence-electron chi connectivity index (χ1n) is 5.19. The number of hydrogen-bond donors (Lipinski definition) is 2. The summed E-state index contributed by atoms with van der Waals surface area (Å²) in [4.78, 5) is 0. The molecule has 1 saturated carbocycles. The summed E-state index contributed by atoms with van der Waals surface area (Å²) >= 11 is 0. The standard InChI is InChI=1S/C10H22N2/c1-8-4-3-5-10(9(8)2)12-7-6-11/h8-10,12H,3-7,11H2,1-2H3. The van der Waals surface area contributed by atoms with Crippen LogP contribution in [-0.4, -0.2) is 19.1 Å². The van der Waals surface area contributed by atoms with Crippen molar-refractivity contribution in [1.29, 1.82) is 0 Å². The van der Waals surface area contributed by atoms with Crippen molar-refractivity contribution in [3.05, 3.63) is 0 Å². The number of hydrogen-bond acceptors (Lipinski definition) is 2. The van der Waals surface area contributed by atoms with Gasteiger partial charge in [-0.3, -0.25) is 0 Å². The molecule has 3 unspecified atom stereocenters. The molecule has 0 saturated heterocycles. The first-order valence-corrected chi connectivity index (χ1v) is 5.19. The van der Waals surface area contributed by atoms with Gasteiger partial charge in [0.1, 0.15) is 0 Å². The number of nitrogens with two attached hydrogens (primary N) is 1. The zero-order valence-electron chi connectivity index (χ0n) is 8.34. The molecule has 12 heavy (non-hydrogen) atoms. The summed E-state index contributed by atoms with van der Waals surface area (Å²) in [7, 11) is 0. The van der Waals surface area contributed by atoms with Gasteiger partial charge in [0, 0.05) is 19.1 Å². The molecule has 0 bridgehead atoms. The van der Waals surface area contributed by atoms with E-state index in [1.54, 1.807) is 0 Å². The highest BCUT2D eigenvalue weighted by Crippen LogP contribution is 2.29. The van der Waals surface area contributed by atoms with Crippen LogP contribution in [0, 0.1) is 11.8 Å². The van der Waals surface area contributed by atoms with Gasteiger partial charge in [0.05, 0.1) is 0 Å². The minimum atomic E-state index is 0.720. The molecule has 3 atom stereocenters. The van der Waals surface area contributed by atoms with Crippen molar-refractivity contribution in [1.82, 2.24) is 5.32 Å². The minimum absolute atomic E-state index is 0.720. The van der Waals surface area contributed by atoms with E-state index in [2.05, 4.69) is 19.2 Å². The molecule has 0 radical (unpaired) electrons.